The molecule has 4 heteroatoms. The van der Waals surface area contributed by atoms with E-state index in [2.05, 4.69) is 5.32 Å². The van der Waals surface area contributed by atoms with Gasteiger partial charge in [-0.15, -0.1) is 0 Å². The molecule has 0 radical (unpaired) electrons. The zero-order valence-electron chi connectivity index (χ0n) is 10.6. The van der Waals surface area contributed by atoms with Crippen LogP contribution in [-0.4, -0.2) is 7.05 Å². The summed E-state index contributed by atoms with van der Waals surface area (Å²) in [5, 5.41) is 4.52. The Morgan fingerprint density at radius 1 is 1.05 bits per heavy atom. The number of hydrogen-bond acceptors (Lipinski definition) is 2. The molecular weight excluding hydrogens is 281 g/mol. The highest BCUT2D eigenvalue weighted by molar-refractivity contribution is 6.30. The quantitative estimate of drug-likeness (QED) is 0.888. The maximum Gasteiger partial charge on any atom is 0.124 e. The molecule has 2 rings (SSSR count). The maximum absolute atomic E-state index is 5.99. The number of nitrogens with one attached hydrogen (secondary N) is 1. The predicted molar refractivity (Wildman–Crippen MR) is 80.0 cm³/mol. The van der Waals surface area contributed by atoms with Crippen LogP contribution in [0.25, 0.3) is 0 Å². The molecule has 0 amide bonds. The van der Waals surface area contributed by atoms with Crippen molar-refractivity contribution in [3.05, 3.63) is 63.6 Å². The molecule has 0 saturated carbocycles. The van der Waals surface area contributed by atoms with Crippen molar-refractivity contribution in [2.24, 2.45) is 0 Å². The molecule has 2 aromatic carbocycles. The van der Waals surface area contributed by atoms with Gasteiger partial charge in [0.25, 0.3) is 0 Å². The first-order chi connectivity index (χ1) is 9.19. The van der Waals surface area contributed by atoms with Gasteiger partial charge in [-0.05, 0) is 42.9 Å². The molecule has 0 aliphatic carbocycles. The molecule has 0 aliphatic rings. The first-order valence-corrected chi connectivity index (χ1v) is 6.75. The van der Waals surface area contributed by atoms with Gasteiger partial charge in [0.1, 0.15) is 12.4 Å². The van der Waals surface area contributed by atoms with Crippen molar-refractivity contribution < 1.29 is 4.74 Å². The number of halogens is 2. The molecule has 19 heavy (non-hydrogen) atoms. The second-order valence-corrected chi connectivity index (χ2v) is 5.07. The fraction of sp³-hybridized carbons (Fsp3) is 0.200. The molecule has 0 spiro atoms. The lowest BCUT2D eigenvalue weighted by molar-refractivity contribution is 0.302. The van der Waals surface area contributed by atoms with Crippen molar-refractivity contribution in [3.63, 3.8) is 0 Å². The zero-order valence-corrected chi connectivity index (χ0v) is 12.1. The van der Waals surface area contributed by atoms with E-state index in [0.29, 0.717) is 23.2 Å². The molecule has 0 heterocycles. The van der Waals surface area contributed by atoms with Gasteiger partial charge in [-0.25, -0.2) is 0 Å². The van der Waals surface area contributed by atoms with Crippen LogP contribution in [0.1, 0.15) is 11.1 Å². The van der Waals surface area contributed by atoms with Gasteiger partial charge >= 0.3 is 0 Å². The Morgan fingerprint density at radius 3 is 2.58 bits per heavy atom. The molecule has 0 fully saturated rings. The number of rotatable bonds is 5. The molecule has 0 atom stereocenters. The molecule has 2 nitrogen and oxygen atoms in total. The summed E-state index contributed by atoms with van der Waals surface area (Å²) in [4.78, 5) is 0. The Bertz CT molecular complexity index is 558. The number of benzene rings is 2. The minimum Gasteiger partial charge on any atom is -0.489 e. The summed E-state index contributed by atoms with van der Waals surface area (Å²) in [7, 11) is 1.89. The number of ether oxygens (including phenoxy) is 1. The molecule has 100 valence electrons. The van der Waals surface area contributed by atoms with Crippen molar-refractivity contribution in [2.75, 3.05) is 7.05 Å². The second kappa shape index (κ2) is 6.80. The van der Waals surface area contributed by atoms with Gasteiger partial charge < -0.3 is 10.1 Å². The molecule has 0 aliphatic heterocycles. The van der Waals surface area contributed by atoms with E-state index in [-0.39, 0.29) is 0 Å². The lowest BCUT2D eigenvalue weighted by Crippen LogP contribution is -2.07. The molecule has 0 bridgehead atoms. The third-order valence-corrected chi connectivity index (χ3v) is 3.14. The van der Waals surface area contributed by atoms with E-state index in [4.69, 9.17) is 27.9 Å². The second-order valence-electron chi connectivity index (χ2n) is 4.20. The Labute approximate surface area is 123 Å². The highest BCUT2D eigenvalue weighted by atomic mass is 35.5. The van der Waals surface area contributed by atoms with Crippen LogP contribution in [0.3, 0.4) is 0 Å². The van der Waals surface area contributed by atoms with E-state index in [9.17, 15) is 0 Å². The highest BCUT2D eigenvalue weighted by Gasteiger charge is 2.05. The average Bonchev–Trinajstić information content (AvgIpc) is 2.38. The van der Waals surface area contributed by atoms with E-state index in [1.54, 1.807) is 0 Å². The van der Waals surface area contributed by atoms with Crippen LogP contribution in [0, 0.1) is 0 Å². The Kier molecular flexibility index (Phi) is 5.08. The van der Waals surface area contributed by atoms with Gasteiger partial charge in [0.05, 0.1) is 0 Å². The minimum absolute atomic E-state index is 0.485. The molecule has 1 N–H and O–H groups in total. The zero-order chi connectivity index (χ0) is 13.7. The van der Waals surface area contributed by atoms with Gasteiger partial charge in [0, 0.05) is 22.2 Å². The van der Waals surface area contributed by atoms with Crippen molar-refractivity contribution >= 4 is 23.2 Å². The van der Waals surface area contributed by atoms with E-state index >= 15 is 0 Å². The van der Waals surface area contributed by atoms with Crippen LogP contribution in [0.4, 0.5) is 0 Å². The van der Waals surface area contributed by atoms with E-state index in [0.717, 1.165) is 16.9 Å². The molecule has 0 unspecified atom stereocenters. The molecule has 0 aromatic heterocycles. The van der Waals surface area contributed by atoms with Gasteiger partial charge in [0.2, 0.25) is 0 Å². The summed E-state index contributed by atoms with van der Waals surface area (Å²) >= 11 is 11.9. The first-order valence-electron chi connectivity index (χ1n) is 5.99. The molecular formula is C15H15Cl2NO. The van der Waals surface area contributed by atoms with Crippen molar-refractivity contribution in [1.82, 2.24) is 5.32 Å². The molecule has 2 aromatic rings. The summed E-state index contributed by atoms with van der Waals surface area (Å²) in [6.45, 7) is 1.20. The van der Waals surface area contributed by atoms with E-state index < -0.39 is 0 Å². The highest BCUT2D eigenvalue weighted by Crippen LogP contribution is 2.24. The van der Waals surface area contributed by atoms with Crippen molar-refractivity contribution in [2.45, 2.75) is 13.2 Å². The Balaban J connectivity index is 2.10. The third kappa shape index (κ3) is 4.13. The lowest BCUT2D eigenvalue weighted by Gasteiger charge is -2.12. The maximum atomic E-state index is 5.99. The van der Waals surface area contributed by atoms with Crippen LogP contribution in [0.2, 0.25) is 10.0 Å². The normalized spacial score (nSPS) is 10.5. The van der Waals surface area contributed by atoms with Crippen LogP contribution < -0.4 is 10.1 Å². The Hall–Kier alpha value is -1.22. The van der Waals surface area contributed by atoms with Gasteiger partial charge in [0.15, 0.2) is 0 Å². The fourth-order valence-electron chi connectivity index (χ4n) is 1.81. The summed E-state index contributed by atoms with van der Waals surface area (Å²) in [5.41, 5.74) is 2.08. The Morgan fingerprint density at radius 2 is 1.84 bits per heavy atom. The van der Waals surface area contributed by atoms with E-state index in [1.165, 1.54) is 0 Å². The van der Waals surface area contributed by atoms with Gasteiger partial charge in [-0.1, -0.05) is 35.3 Å². The molecule has 0 saturated heterocycles. The first kappa shape index (κ1) is 14.2. The van der Waals surface area contributed by atoms with Crippen LogP contribution in [0.5, 0.6) is 5.75 Å². The topological polar surface area (TPSA) is 21.3 Å². The SMILES string of the molecule is CNCc1cc(Cl)ccc1OCc1cccc(Cl)c1. The lowest BCUT2D eigenvalue weighted by atomic mass is 10.2. The van der Waals surface area contributed by atoms with E-state index in [1.807, 2.05) is 49.5 Å². The van der Waals surface area contributed by atoms with Crippen LogP contribution in [0.15, 0.2) is 42.5 Å². The summed E-state index contributed by atoms with van der Waals surface area (Å²) in [6.07, 6.45) is 0. The monoisotopic (exact) mass is 295 g/mol. The third-order valence-electron chi connectivity index (χ3n) is 2.67. The van der Waals surface area contributed by atoms with Crippen LogP contribution in [-0.2, 0) is 13.2 Å². The summed E-state index contributed by atoms with van der Waals surface area (Å²) < 4.78 is 5.83. The van der Waals surface area contributed by atoms with Crippen LogP contribution >= 0.6 is 23.2 Å². The predicted octanol–water partition coefficient (Wildman–Crippen LogP) is 4.29. The average molecular weight is 296 g/mol. The van der Waals surface area contributed by atoms with Gasteiger partial charge in [-0.3, -0.25) is 0 Å². The summed E-state index contributed by atoms with van der Waals surface area (Å²) in [6, 6.07) is 13.3. The summed E-state index contributed by atoms with van der Waals surface area (Å²) in [5.74, 6) is 0.832. The van der Waals surface area contributed by atoms with Crippen molar-refractivity contribution in [3.8, 4) is 5.75 Å². The minimum atomic E-state index is 0.485. The number of hydrogen-bond donors (Lipinski definition) is 1. The smallest absolute Gasteiger partial charge is 0.124 e. The largest absolute Gasteiger partial charge is 0.489 e. The fourth-order valence-corrected chi connectivity index (χ4v) is 2.21. The van der Waals surface area contributed by atoms with Crippen molar-refractivity contribution in [1.29, 1.82) is 0 Å². The standard InChI is InChI=1S/C15H15Cl2NO/c1-18-9-12-8-14(17)5-6-15(12)19-10-11-3-2-4-13(16)7-11/h2-8,18H,9-10H2,1H3. The van der Waals surface area contributed by atoms with Gasteiger partial charge in [-0.2, -0.15) is 0 Å².